The summed E-state index contributed by atoms with van der Waals surface area (Å²) < 4.78 is 5.98. The third-order valence-electron chi connectivity index (χ3n) is 4.55. The van der Waals surface area contributed by atoms with Gasteiger partial charge in [0.05, 0.1) is 6.54 Å². The Hall–Kier alpha value is -2.53. The van der Waals surface area contributed by atoms with Gasteiger partial charge in [-0.3, -0.25) is 9.59 Å². The SMILES string of the molecule is CC(Oc1ccc(Cl)cc1)(C(=O)NCC(=O)c1ccc(O)cc1)C1CC1. The molecule has 0 spiro atoms. The number of ether oxygens (including phenoxy) is 1. The van der Waals surface area contributed by atoms with Crippen molar-refractivity contribution in [1.82, 2.24) is 5.32 Å². The Morgan fingerprint density at radius 2 is 1.77 bits per heavy atom. The number of benzene rings is 2. The normalized spacial score (nSPS) is 15.8. The molecule has 136 valence electrons. The van der Waals surface area contributed by atoms with Gasteiger partial charge in [-0.25, -0.2) is 0 Å². The lowest BCUT2D eigenvalue weighted by atomic mass is 9.98. The first kappa shape index (κ1) is 18.3. The van der Waals surface area contributed by atoms with Crippen LogP contribution in [0.4, 0.5) is 0 Å². The van der Waals surface area contributed by atoms with Gasteiger partial charge in [0.2, 0.25) is 0 Å². The van der Waals surface area contributed by atoms with Gasteiger partial charge in [-0.1, -0.05) is 11.6 Å². The monoisotopic (exact) mass is 373 g/mol. The molecule has 1 atom stereocenters. The number of halogens is 1. The summed E-state index contributed by atoms with van der Waals surface area (Å²) in [6, 6.07) is 12.8. The predicted octanol–water partition coefficient (Wildman–Crippen LogP) is 3.59. The lowest BCUT2D eigenvalue weighted by Crippen LogP contribution is -2.51. The summed E-state index contributed by atoms with van der Waals surface area (Å²) in [6.45, 7) is 1.62. The van der Waals surface area contributed by atoms with Gasteiger partial charge < -0.3 is 15.2 Å². The van der Waals surface area contributed by atoms with Gasteiger partial charge in [-0.05, 0) is 68.3 Å². The highest BCUT2D eigenvalue weighted by Gasteiger charge is 2.49. The Balaban J connectivity index is 1.65. The summed E-state index contributed by atoms with van der Waals surface area (Å²) in [5, 5.41) is 12.6. The van der Waals surface area contributed by atoms with Crippen molar-refractivity contribution in [3.05, 3.63) is 59.1 Å². The molecule has 2 aromatic rings. The molecule has 1 amide bonds. The van der Waals surface area contributed by atoms with E-state index in [0.29, 0.717) is 16.3 Å². The molecule has 0 aliphatic heterocycles. The van der Waals surface area contributed by atoms with E-state index >= 15 is 0 Å². The van der Waals surface area contributed by atoms with E-state index in [1.165, 1.54) is 24.3 Å². The lowest BCUT2D eigenvalue weighted by molar-refractivity contribution is -0.137. The summed E-state index contributed by atoms with van der Waals surface area (Å²) in [6.07, 6.45) is 1.81. The molecule has 1 aliphatic carbocycles. The summed E-state index contributed by atoms with van der Waals surface area (Å²) >= 11 is 5.88. The number of phenolic OH excluding ortho intramolecular Hbond substituents is 1. The van der Waals surface area contributed by atoms with Gasteiger partial charge in [-0.15, -0.1) is 0 Å². The summed E-state index contributed by atoms with van der Waals surface area (Å²) in [5.74, 6) is 0.207. The number of ketones is 1. The molecule has 0 bridgehead atoms. The Morgan fingerprint density at radius 1 is 1.15 bits per heavy atom. The highest BCUT2D eigenvalue weighted by atomic mass is 35.5. The number of aromatic hydroxyl groups is 1. The quantitative estimate of drug-likeness (QED) is 0.727. The molecule has 1 saturated carbocycles. The van der Waals surface area contributed by atoms with Crippen LogP contribution in [0.5, 0.6) is 11.5 Å². The van der Waals surface area contributed by atoms with E-state index in [0.717, 1.165) is 12.8 Å². The van der Waals surface area contributed by atoms with Gasteiger partial charge in [0.25, 0.3) is 5.91 Å². The fourth-order valence-electron chi connectivity index (χ4n) is 2.78. The molecule has 0 aromatic heterocycles. The van der Waals surface area contributed by atoms with Crippen molar-refractivity contribution in [2.45, 2.75) is 25.4 Å². The van der Waals surface area contributed by atoms with Crippen molar-refractivity contribution in [2.24, 2.45) is 5.92 Å². The standard InChI is InChI=1S/C20H20ClNO4/c1-20(14-4-5-14,26-17-10-6-15(21)7-11-17)19(25)22-12-18(24)13-2-8-16(23)9-3-13/h2-3,6-11,14,23H,4-5,12H2,1H3,(H,22,25). The highest BCUT2D eigenvalue weighted by molar-refractivity contribution is 6.30. The van der Waals surface area contributed by atoms with Crippen molar-refractivity contribution in [3.63, 3.8) is 0 Å². The number of carbonyl (C=O) groups is 2. The second-order valence-corrected chi connectivity index (χ2v) is 7.03. The second kappa shape index (κ2) is 7.38. The molecule has 1 fully saturated rings. The molecule has 2 aromatic carbocycles. The van der Waals surface area contributed by atoms with E-state index in [2.05, 4.69) is 5.32 Å². The van der Waals surface area contributed by atoms with Crippen LogP contribution in [0, 0.1) is 5.92 Å². The van der Waals surface area contributed by atoms with Crippen LogP contribution in [-0.2, 0) is 4.79 Å². The van der Waals surface area contributed by atoms with E-state index in [-0.39, 0.29) is 29.9 Å². The van der Waals surface area contributed by atoms with Crippen molar-refractivity contribution in [2.75, 3.05) is 6.54 Å². The molecule has 2 N–H and O–H groups in total. The highest BCUT2D eigenvalue weighted by Crippen LogP contribution is 2.42. The zero-order chi connectivity index (χ0) is 18.7. The van der Waals surface area contributed by atoms with Gasteiger partial charge in [-0.2, -0.15) is 0 Å². The minimum atomic E-state index is -1.04. The molecule has 0 heterocycles. The Bertz CT molecular complexity index is 800. The van der Waals surface area contributed by atoms with Crippen LogP contribution in [0.1, 0.15) is 30.1 Å². The molecule has 1 unspecified atom stereocenters. The number of amides is 1. The third kappa shape index (κ3) is 4.17. The number of rotatable bonds is 7. The largest absolute Gasteiger partial charge is 0.508 e. The number of carbonyl (C=O) groups excluding carboxylic acids is 2. The third-order valence-corrected chi connectivity index (χ3v) is 4.80. The lowest BCUT2D eigenvalue weighted by Gasteiger charge is -2.29. The van der Waals surface area contributed by atoms with Crippen molar-refractivity contribution < 1.29 is 19.4 Å². The van der Waals surface area contributed by atoms with Gasteiger partial charge in [0.15, 0.2) is 11.4 Å². The van der Waals surface area contributed by atoms with Crippen LogP contribution >= 0.6 is 11.6 Å². The average molecular weight is 374 g/mol. The first-order chi connectivity index (χ1) is 12.4. The zero-order valence-electron chi connectivity index (χ0n) is 14.4. The minimum Gasteiger partial charge on any atom is -0.508 e. The van der Waals surface area contributed by atoms with E-state index in [1.807, 2.05) is 0 Å². The molecule has 5 nitrogen and oxygen atoms in total. The van der Waals surface area contributed by atoms with E-state index in [1.54, 1.807) is 31.2 Å². The fraction of sp³-hybridized carbons (Fsp3) is 0.300. The maximum Gasteiger partial charge on any atom is 0.264 e. The molecule has 26 heavy (non-hydrogen) atoms. The second-order valence-electron chi connectivity index (χ2n) is 6.59. The topological polar surface area (TPSA) is 75.6 Å². The molecule has 0 radical (unpaired) electrons. The maximum atomic E-state index is 12.8. The van der Waals surface area contributed by atoms with Crippen LogP contribution in [-0.4, -0.2) is 28.9 Å². The molecule has 3 rings (SSSR count). The summed E-state index contributed by atoms with van der Waals surface area (Å²) in [5.41, 5.74) is -0.613. The van der Waals surface area contributed by atoms with Crippen LogP contribution in [0.25, 0.3) is 0 Å². The molecular formula is C20H20ClNO4. The molecule has 6 heteroatoms. The number of hydrogen-bond acceptors (Lipinski definition) is 4. The van der Waals surface area contributed by atoms with Gasteiger partial charge >= 0.3 is 0 Å². The van der Waals surface area contributed by atoms with Crippen LogP contribution < -0.4 is 10.1 Å². The first-order valence-electron chi connectivity index (χ1n) is 8.43. The fourth-order valence-corrected chi connectivity index (χ4v) is 2.91. The van der Waals surface area contributed by atoms with Crippen LogP contribution in [0.15, 0.2) is 48.5 Å². The molecule has 1 aliphatic rings. The Kier molecular flexibility index (Phi) is 5.18. The number of phenols is 1. The van der Waals surface area contributed by atoms with E-state index in [9.17, 15) is 14.7 Å². The van der Waals surface area contributed by atoms with Crippen LogP contribution in [0.2, 0.25) is 5.02 Å². The molecular weight excluding hydrogens is 354 g/mol. The van der Waals surface area contributed by atoms with Crippen molar-refractivity contribution in [3.8, 4) is 11.5 Å². The average Bonchev–Trinajstić information content (AvgIpc) is 3.47. The van der Waals surface area contributed by atoms with Gasteiger partial charge in [0, 0.05) is 16.5 Å². The summed E-state index contributed by atoms with van der Waals surface area (Å²) in [4.78, 5) is 25.0. The van der Waals surface area contributed by atoms with E-state index in [4.69, 9.17) is 16.3 Å². The Morgan fingerprint density at radius 3 is 2.35 bits per heavy atom. The number of hydrogen-bond donors (Lipinski definition) is 2. The van der Waals surface area contributed by atoms with Crippen molar-refractivity contribution >= 4 is 23.3 Å². The van der Waals surface area contributed by atoms with Gasteiger partial charge in [0.1, 0.15) is 11.5 Å². The number of Topliss-reactive ketones (excluding diaryl/α,β-unsaturated/α-hetero) is 1. The zero-order valence-corrected chi connectivity index (χ0v) is 15.1. The van der Waals surface area contributed by atoms with Crippen molar-refractivity contribution in [1.29, 1.82) is 0 Å². The summed E-state index contributed by atoms with van der Waals surface area (Å²) in [7, 11) is 0. The van der Waals surface area contributed by atoms with E-state index < -0.39 is 5.60 Å². The maximum absolute atomic E-state index is 12.8. The minimum absolute atomic E-state index is 0.0864. The number of nitrogens with one attached hydrogen (secondary N) is 1. The molecule has 0 saturated heterocycles. The predicted molar refractivity (Wildman–Crippen MR) is 98.7 cm³/mol. The Labute approximate surface area is 156 Å². The first-order valence-corrected chi connectivity index (χ1v) is 8.81. The van der Waals surface area contributed by atoms with Crippen LogP contribution in [0.3, 0.4) is 0 Å². The smallest absolute Gasteiger partial charge is 0.264 e.